The molecule has 0 atom stereocenters. The second kappa shape index (κ2) is 9.74. The first kappa shape index (κ1) is 18.8. The van der Waals surface area contributed by atoms with Crippen LogP contribution in [-0.4, -0.2) is 71.0 Å². The van der Waals surface area contributed by atoms with Gasteiger partial charge in [0.05, 0.1) is 0 Å². The van der Waals surface area contributed by atoms with Crippen LogP contribution in [0, 0.1) is 5.92 Å². The van der Waals surface area contributed by atoms with E-state index >= 15 is 0 Å². The minimum Gasteiger partial charge on any atom is -0.317 e. The van der Waals surface area contributed by atoms with Gasteiger partial charge >= 0.3 is 0 Å². The molecule has 0 aromatic heterocycles. The Kier molecular flexibility index (Phi) is 8.73. The molecule has 0 saturated carbocycles. The molecule has 126 valence electrons. The summed E-state index contributed by atoms with van der Waals surface area (Å²) in [4.78, 5) is 2.11. The van der Waals surface area contributed by atoms with Gasteiger partial charge in [0, 0.05) is 19.6 Å². The van der Waals surface area contributed by atoms with Crippen LogP contribution in [0.3, 0.4) is 0 Å². The highest BCUT2D eigenvalue weighted by Crippen LogP contribution is 2.18. The third kappa shape index (κ3) is 7.56. The number of nitrogens with one attached hydrogen (secondary N) is 2. The van der Waals surface area contributed by atoms with E-state index in [0.29, 0.717) is 25.6 Å². The molecule has 1 heterocycles. The van der Waals surface area contributed by atoms with Gasteiger partial charge in [0.1, 0.15) is 0 Å². The third-order valence-electron chi connectivity index (χ3n) is 3.91. The minimum absolute atomic E-state index is 0.535. The lowest BCUT2D eigenvalue weighted by Gasteiger charge is -2.31. The van der Waals surface area contributed by atoms with Crippen LogP contribution in [0.25, 0.3) is 0 Å². The molecule has 0 aromatic rings. The Labute approximate surface area is 130 Å². The fraction of sp³-hybridized carbons (Fsp3) is 1.00. The standard InChI is InChI=1S/C14H32N4O2S/c1-4-15-13-14-7-11-18(12-8-14)21(19,20)16-9-5-6-10-17(2)3/h14-16H,4-13H2,1-3H3. The van der Waals surface area contributed by atoms with Gasteiger partial charge in [0.25, 0.3) is 10.2 Å². The summed E-state index contributed by atoms with van der Waals surface area (Å²) in [5, 5.41) is 3.34. The largest absolute Gasteiger partial charge is 0.317 e. The topological polar surface area (TPSA) is 64.7 Å². The minimum atomic E-state index is -3.28. The number of rotatable bonds is 10. The highest BCUT2D eigenvalue weighted by molar-refractivity contribution is 7.87. The van der Waals surface area contributed by atoms with E-state index in [0.717, 1.165) is 45.3 Å². The van der Waals surface area contributed by atoms with Crippen LogP contribution in [0.4, 0.5) is 0 Å². The molecular formula is C14H32N4O2S. The van der Waals surface area contributed by atoms with Crippen molar-refractivity contribution in [2.75, 3.05) is 53.4 Å². The summed E-state index contributed by atoms with van der Waals surface area (Å²) in [5.74, 6) is 0.608. The zero-order valence-corrected chi connectivity index (χ0v) is 14.6. The van der Waals surface area contributed by atoms with Gasteiger partial charge in [-0.05, 0) is 65.3 Å². The van der Waals surface area contributed by atoms with Crippen molar-refractivity contribution in [1.29, 1.82) is 0 Å². The van der Waals surface area contributed by atoms with E-state index in [4.69, 9.17) is 0 Å². The van der Waals surface area contributed by atoms with Crippen LogP contribution in [0.5, 0.6) is 0 Å². The third-order valence-corrected chi connectivity index (χ3v) is 5.53. The average Bonchev–Trinajstić information content (AvgIpc) is 2.44. The highest BCUT2D eigenvalue weighted by atomic mass is 32.2. The lowest BCUT2D eigenvalue weighted by atomic mass is 9.98. The van der Waals surface area contributed by atoms with Gasteiger partial charge in [0.15, 0.2) is 0 Å². The molecule has 1 saturated heterocycles. The summed E-state index contributed by atoms with van der Waals surface area (Å²) in [6.45, 7) is 6.90. The van der Waals surface area contributed by atoms with Crippen molar-refractivity contribution in [3.8, 4) is 0 Å². The first-order valence-electron chi connectivity index (χ1n) is 8.06. The second-order valence-electron chi connectivity index (χ2n) is 6.06. The summed E-state index contributed by atoms with van der Waals surface area (Å²) >= 11 is 0. The van der Waals surface area contributed by atoms with Crippen molar-refractivity contribution >= 4 is 10.2 Å². The quantitative estimate of drug-likeness (QED) is 0.575. The zero-order valence-electron chi connectivity index (χ0n) is 13.8. The van der Waals surface area contributed by atoms with Crippen molar-refractivity contribution in [1.82, 2.24) is 19.2 Å². The molecule has 0 unspecified atom stereocenters. The van der Waals surface area contributed by atoms with E-state index in [9.17, 15) is 8.42 Å². The van der Waals surface area contributed by atoms with E-state index in [1.165, 1.54) is 0 Å². The normalized spacial score (nSPS) is 18.5. The van der Waals surface area contributed by atoms with Crippen LogP contribution in [0.2, 0.25) is 0 Å². The predicted molar refractivity (Wildman–Crippen MR) is 87.6 cm³/mol. The van der Waals surface area contributed by atoms with Gasteiger partial charge in [-0.3, -0.25) is 0 Å². The van der Waals surface area contributed by atoms with E-state index in [1.807, 2.05) is 14.1 Å². The Morgan fingerprint density at radius 2 is 1.86 bits per heavy atom. The molecule has 7 heteroatoms. The van der Waals surface area contributed by atoms with Gasteiger partial charge in [-0.25, -0.2) is 4.72 Å². The molecule has 6 nitrogen and oxygen atoms in total. The smallest absolute Gasteiger partial charge is 0.279 e. The van der Waals surface area contributed by atoms with Gasteiger partial charge < -0.3 is 10.2 Å². The number of nitrogens with zero attached hydrogens (tertiary/aromatic N) is 2. The van der Waals surface area contributed by atoms with E-state index < -0.39 is 10.2 Å². The molecular weight excluding hydrogens is 288 g/mol. The Bertz CT molecular complexity index is 365. The molecule has 2 N–H and O–H groups in total. The van der Waals surface area contributed by atoms with Crippen LogP contribution in [0.1, 0.15) is 32.6 Å². The van der Waals surface area contributed by atoms with Gasteiger partial charge in [-0.15, -0.1) is 0 Å². The van der Waals surface area contributed by atoms with E-state index in [1.54, 1.807) is 4.31 Å². The Hall–Kier alpha value is -0.210. The number of hydrogen-bond acceptors (Lipinski definition) is 4. The number of unbranched alkanes of at least 4 members (excludes halogenated alkanes) is 1. The maximum absolute atomic E-state index is 12.2. The fourth-order valence-electron chi connectivity index (χ4n) is 2.55. The van der Waals surface area contributed by atoms with Crippen molar-refractivity contribution in [2.45, 2.75) is 32.6 Å². The average molecular weight is 321 g/mol. The first-order valence-corrected chi connectivity index (χ1v) is 9.50. The monoisotopic (exact) mass is 320 g/mol. The van der Waals surface area contributed by atoms with Crippen molar-refractivity contribution in [3.05, 3.63) is 0 Å². The molecule has 1 rings (SSSR count). The lowest BCUT2D eigenvalue weighted by molar-refractivity contribution is 0.266. The van der Waals surface area contributed by atoms with Gasteiger partial charge in [-0.2, -0.15) is 12.7 Å². The SMILES string of the molecule is CCNCC1CCN(S(=O)(=O)NCCCCN(C)C)CC1. The van der Waals surface area contributed by atoms with E-state index in [-0.39, 0.29) is 0 Å². The molecule has 21 heavy (non-hydrogen) atoms. The van der Waals surface area contributed by atoms with Crippen molar-refractivity contribution in [3.63, 3.8) is 0 Å². The fourth-order valence-corrected chi connectivity index (χ4v) is 3.82. The summed E-state index contributed by atoms with van der Waals surface area (Å²) in [7, 11) is 0.780. The molecule has 1 fully saturated rings. The number of hydrogen-bond donors (Lipinski definition) is 2. The van der Waals surface area contributed by atoms with Gasteiger partial charge in [-0.1, -0.05) is 6.92 Å². The molecule has 0 amide bonds. The van der Waals surface area contributed by atoms with Gasteiger partial charge in [0.2, 0.25) is 0 Å². The van der Waals surface area contributed by atoms with Crippen LogP contribution in [-0.2, 0) is 10.2 Å². The molecule has 0 aromatic carbocycles. The lowest BCUT2D eigenvalue weighted by Crippen LogP contribution is -2.46. The van der Waals surface area contributed by atoms with Crippen LogP contribution >= 0.6 is 0 Å². The molecule has 1 aliphatic heterocycles. The number of piperidine rings is 1. The molecule has 0 aliphatic carbocycles. The summed E-state index contributed by atoms with van der Waals surface area (Å²) < 4.78 is 28.7. The molecule has 0 bridgehead atoms. The summed E-state index contributed by atoms with van der Waals surface area (Å²) in [6.07, 6.45) is 3.80. The van der Waals surface area contributed by atoms with Crippen molar-refractivity contribution < 1.29 is 8.42 Å². The highest BCUT2D eigenvalue weighted by Gasteiger charge is 2.27. The Morgan fingerprint density at radius 1 is 1.19 bits per heavy atom. The Morgan fingerprint density at radius 3 is 2.43 bits per heavy atom. The van der Waals surface area contributed by atoms with Crippen LogP contribution in [0.15, 0.2) is 0 Å². The molecule has 1 aliphatic rings. The van der Waals surface area contributed by atoms with Crippen molar-refractivity contribution in [2.24, 2.45) is 5.92 Å². The maximum Gasteiger partial charge on any atom is 0.279 e. The molecule has 0 radical (unpaired) electrons. The van der Waals surface area contributed by atoms with E-state index in [2.05, 4.69) is 21.9 Å². The summed E-state index contributed by atoms with van der Waals surface area (Å²) in [6, 6.07) is 0. The second-order valence-corrected chi connectivity index (χ2v) is 7.82. The predicted octanol–water partition coefficient (Wildman–Crippen LogP) is 0.484. The van der Waals surface area contributed by atoms with Crippen LogP contribution < -0.4 is 10.0 Å². The maximum atomic E-state index is 12.2. The first-order chi connectivity index (χ1) is 9.95. The molecule has 0 spiro atoms. The Balaban J connectivity index is 2.23. The zero-order chi connectivity index (χ0) is 15.7. The summed E-state index contributed by atoms with van der Waals surface area (Å²) in [5.41, 5.74) is 0.